The molecule has 0 bridgehead atoms. The lowest BCUT2D eigenvalue weighted by atomic mass is 10.1. The molecule has 2 saturated heterocycles. The average Bonchev–Trinajstić information content (AvgIpc) is 2.39. The van der Waals surface area contributed by atoms with Crippen molar-refractivity contribution in [3.8, 4) is 0 Å². The van der Waals surface area contributed by atoms with Crippen LogP contribution >= 0.6 is 22.6 Å². The molecule has 0 spiro atoms. The van der Waals surface area contributed by atoms with Crippen molar-refractivity contribution in [3.05, 3.63) is 27.8 Å². The second kappa shape index (κ2) is 5.12. The van der Waals surface area contributed by atoms with Gasteiger partial charge in [0.1, 0.15) is 0 Å². The summed E-state index contributed by atoms with van der Waals surface area (Å²) in [6.45, 7) is 6.30. The van der Waals surface area contributed by atoms with Crippen molar-refractivity contribution in [3.63, 3.8) is 0 Å². The standard InChI is InChI=1S/C13H17IN2O/c14-11-1-3-12(4-2-11)16-6-5-15-7-8-17-10-13(15)9-16/h1-4,13H,5-10H2/t13-/m0/s1. The van der Waals surface area contributed by atoms with Crippen LogP contribution in [0.2, 0.25) is 0 Å². The Morgan fingerprint density at radius 2 is 1.94 bits per heavy atom. The molecule has 0 aliphatic carbocycles. The Morgan fingerprint density at radius 3 is 2.76 bits per heavy atom. The van der Waals surface area contributed by atoms with Gasteiger partial charge < -0.3 is 9.64 Å². The summed E-state index contributed by atoms with van der Waals surface area (Å²) in [5.74, 6) is 0. The fourth-order valence-corrected chi connectivity index (χ4v) is 2.99. The molecular formula is C13H17IN2O. The fourth-order valence-electron chi connectivity index (χ4n) is 2.63. The van der Waals surface area contributed by atoms with Crippen molar-refractivity contribution in [2.24, 2.45) is 0 Å². The number of morpholine rings is 1. The van der Waals surface area contributed by atoms with E-state index >= 15 is 0 Å². The SMILES string of the molecule is Ic1ccc(N2CCN3CCOC[C@@H]3C2)cc1. The van der Waals surface area contributed by atoms with E-state index in [1.54, 1.807) is 0 Å². The Kier molecular flexibility index (Phi) is 3.54. The van der Waals surface area contributed by atoms with Gasteiger partial charge in [-0.25, -0.2) is 0 Å². The van der Waals surface area contributed by atoms with Crippen molar-refractivity contribution in [2.45, 2.75) is 6.04 Å². The van der Waals surface area contributed by atoms with Crippen molar-refractivity contribution >= 4 is 28.3 Å². The predicted molar refractivity (Wildman–Crippen MR) is 77.6 cm³/mol. The van der Waals surface area contributed by atoms with Gasteiger partial charge in [0.15, 0.2) is 0 Å². The number of rotatable bonds is 1. The van der Waals surface area contributed by atoms with Crippen LogP contribution in [-0.2, 0) is 4.74 Å². The van der Waals surface area contributed by atoms with Crippen LogP contribution in [0.15, 0.2) is 24.3 Å². The quantitative estimate of drug-likeness (QED) is 0.723. The number of hydrogen-bond acceptors (Lipinski definition) is 3. The molecular weight excluding hydrogens is 327 g/mol. The van der Waals surface area contributed by atoms with Crippen LogP contribution in [0.5, 0.6) is 0 Å². The molecule has 0 aromatic heterocycles. The number of nitrogens with zero attached hydrogens (tertiary/aromatic N) is 2. The molecule has 2 aliphatic heterocycles. The minimum atomic E-state index is 0.580. The summed E-state index contributed by atoms with van der Waals surface area (Å²) in [6, 6.07) is 9.39. The van der Waals surface area contributed by atoms with Gasteiger partial charge in [-0.15, -0.1) is 0 Å². The molecule has 0 radical (unpaired) electrons. The molecule has 3 rings (SSSR count). The highest BCUT2D eigenvalue weighted by Gasteiger charge is 2.29. The summed E-state index contributed by atoms with van der Waals surface area (Å²) in [4.78, 5) is 5.04. The Morgan fingerprint density at radius 1 is 1.12 bits per heavy atom. The summed E-state index contributed by atoms with van der Waals surface area (Å²) < 4.78 is 6.87. The summed E-state index contributed by atoms with van der Waals surface area (Å²) in [7, 11) is 0. The van der Waals surface area contributed by atoms with E-state index in [1.807, 2.05) is 0 Å². The van der Waals surface area contributed by atoms with Gasteiger partial charge in [0.05, 0.1) is 19.3 Å². The Hall–Kier alpha value is -0.330. The Balaban J connectivity index is 1.71. The van der Waals surface area contributed by atoms with E-state index in [2.05, 4.69) is 56.7 Å². The molecule has 2 heterocycles. The van der Waals surface area contributed by atoms with Gasteiger partial charge in [-0.3, -0.25) is 4.90 Å². The smallest absolute Gasteiger partial charge is 0.0639 e. The molecule has 1 aromatic rings. The van der Waals surface area contributed by atoms with Crippen molar-refractivity contribution in [2.75, 3.05) is 44.3 Å². The van der Waals surface area contributed by atoms with E-state index in [-0.39, 0.29) is 0 Å². The molecule has 2 fully saturated rings. The molecule has 2 aliphatic rings. The van der Waals surface area contributed by atoms with E-state index in [4.69, 9.17) is 4.74 Å². The maximum Gasteiger partial charge on any atom is 0.0639 e. The molecule has 0 unspecified atom stereocenters. The molecule has 4 heteroatoms. The van der Waals surface area contributed by atoms with Crippen molar-refractivity contribution in [1.82, 2.24) is 4.90 Å². The van der Waals surface area contributed by atoms with E-state index < -0.39 is 0 Å². The average molecular weight is 344 g/mol. The lowest BCUT2D eigenvalue weighted by Crippen LogP contribution is -2.58. The monoisotopic (exact) mass is 344 g/mol. The number of ether oxygens (including phenoxy) is 1. The van der Waals surface area contributed by atoms with Crippen LogP contribution in [0.4, 0.5) is 5.69 Å². The summed E-state index contributed by atoms with van der Waals surface area (Å²) in [5.41, 5.74) is 1.34. The topological polar surface area (TPSA) is 15.7 Å². The summed E-state index contributed by atoms with van der Waals surface area (Å²) in [5, 5.41) is 0. The van der Waals surface area contributed by atoms with Crippen molar-refractivity contribution < 1.29 is 4.74 Å². The molecule has 0 N–H and O–H groups in total. The molecule has 1 aromatic carbocycles. The van der Waals surface area contributed by atoms with E-state index in [9.17, 15) is 0 Å². The van der Waals surface area contributed by atoms with E-state index in [1.165, 1.54) is 15.8 Å². The summed E-state index contributed by atoms with van der Waals surface area (Å²) in [6.07, 6.45) is 0. The Labute approximate surface area is 116 Å². The van der Waals surface area contributed by atoms with Gasteiger partial charge in [0, 0.05) is 35.4 Å². The van der Waals surface area contributed by atoms with Gasteiger partial charge in [-0.2, -0.15) is 0 Å². The predicted octanol–water partition coefficient (Wildman–Crippen LogP) is 1.81. The number of hydrogen-bond donors (Lipinski definition) is 0. The number of fused-ring (bicyclic) bond motifs is 1. The molecule has 0 amide bonds. The lowest BCUT2D eigenvalue weighted by Gasteiger charge is -2.44. The molecule has 1 atom stereocenters. The van der Waals surface area contributed by atoms with Crippen LogP contribution < -0.4 is 4.90 Å². The van der Waals surface area contributed by atoms with Crippen LogP contribution in [0.1, 0.15) is 0 Å². The second-order valence-electron chi connectivity index (χ2n) is 4.69. The third-order valence-electron chi connectivity index (χ3n) is 3.63. The highest BCUT2D eigenvalue weighted by Crippen LogP contribution is 2.21. The third kappa shape index (κ3) is 2.58. The first-order chi connectivity index (χ1) is 8.33. The first-order valence-electron chi connectivity index (χ1n) is 6.15. The van der Waals surface area contributed by atoms with Crippen LogP contribution in [0.3, 0.4) is 0 Å². The maximum absolute atomic E-state index is 5.57. The zero-order valence-corrected chi connectivity index (χ0v) is 12.0. The minimum absolute atomic E-state index is 0.580. The lowest BCUT2D eigenvalue weighted by molar-refractivity contribution is -0.0116. The number of halogens is 1. The third-order valence-corrected chi connectivity index (χ3v) is 4.35. The van der Waals surface area contributed by atoms with Crippen molar-refractivity contribution in [1.29, 1.82) is 0 Å². The van der Waals surface area contributed by atoms with Gasteiger partial charge in [-0.05, 0) is 46.9 Å². The molecule has 3 nitrogen and oxygen atoms in total. The van der Waals surface area contributed by atoms with E-state index in [0.29, 0.717) is 6.04 Å². The first kappa shape index (κ1) is 11.7. The van der Waals surface area contributed by atoms with Gasteiger partial charge in [0.25, 0.3) is 0 Å². The normalized spacial score (nSPS) is 25.7. The molecule has 0 saturated carbocycles. The van der Waals surface area contributed by atoms with Gasteiger partial charge in [-0.1, -0.05) is 0 Å². The minimum Gasteiger partial charge on any atom is -0.378 e. The Bertz CT molecular complexity index is 382. The highest BCUT2D eigenvalue weighted by atomic mass is 127. The highest BCUT2D eigenvalue weighted by molar-refractivity contribution is 14.1. The maximum atomic E-state index is 5.57. The first-order valence-corrected chi connectivity index (χ1v) is 7.23. The van der Waals surface area contributed by atoms with Crippen LogP contribution in [0.25, 0.3) is 0 Å². The molecule has 92 valence electrons. The fraction of sp³-hybridized carbons (Fsp3) is 0.538. The zero-order valence-electron chi connectivity index (χ0n) is 9.81. The largest absolute Gasteiger partial charge is 0.378 e. The zero-order chi connectivity index (χ0) is 11.7. The number of piperazine rings is 1. The van der Waals surface area contributed by atoms with Gasteiger partial charge in [0.2, 0.25) is 0 Å². The molecule has 17 heavy (non-hydrogen) atoms. The second-order valence-corrected chi connectivity index (χ2v) is 5.93. The van der Waals surface area contributed by atoms with E-state index in [0.717, 1.165) is 32.8 Å². The van der Waals surface area contributed by atoms with Gasteiger partial charge >= 0.3 is 0 Å². The number of anilines is 1. The van der Waals surface area contributed by atoms with Crippen LogP contribution in [-0.4, -0.2) is 50.3 Å². The summed E-state index contributed by atoms with van der Waals surface area (Å²) >= 11 is 2.35. The number of benzene rings is 1. The van der Waals surface area contributed by atoms with Crippen LogP contribution in [0, 0.1) is 3.57 Å².